The molecule has 2 rings (SSSR count). The smallest absolute Gasteiger partial charge is 0.226 e. The van der Waals surface area contributed by atoms with Crippen molar-refractivity contribution in [1.29, 1.82) is 0 Å². The third-order valence-electron chi connectivity index (χ3n) is 2.12. The van der Waals surface area contributed by atoms with Gasteiger partial charge in [-0.2, -0.15) is 0 Å². The molecule has 0 aliphatic rings. The van der Waals surface area contributed by atoms with Gasteiger partial charge in [-0.3, -0.25) is 9.78 Å². The van der Waals surface area contributed by atoms with Crippen LogP contribution in [0.2, 0.25) is 0 Å². The van der Waals surface area contributed by atoms with E-state index in [4.69, 9.17) is 5.73 Å². The quantitative estimate of drug-likeness (QED) is 0.845. The summed E-state index contributed by atoms with van der Waals surface area (Å²) in [5.41, 5.74) is 7.16. The summed E-state index contributed by atoms with van der Waals surface area (Å²) in [5.74, 6) is -0.0702. The lowest BCUT2D eigenvalue weighted by Crippen LogP contribution is -2.24. The first kappa shape index (κ1) is 11.5. The van der Waals surface area contributed by atoms with Crippen LogP contribution < -0.4 is 11.1 Å². The first-order valence-electron chi connectivity index (χ1n) is 5.09. The van der Waals surface area contributed by atoms with Crippen LogP contribution in [0.15, 0.2) is 29.9 Å². The largest absolute Gasteiger partial charge is 0.375 e. The van der Waals surface area contributed by atoms with Crippen molar-refractivity contribution < 1.29 is 4.79 Å². The van der Waals surface area contributed by atoms with Crippen molar-refractivity contribution in [3.05, 3.63) is 41.2 Å². The number of carbonyl (C=O) groups is 1. The van der Waals surface area contributed by atoms with Gasteiger partial charge in [-0.15, -0.1) is 11.3 Å². The fraction of sp³-hybridized carbons (Fsp3) is 0.182. The standard InChI is InChI=1S/C11H12N4OS/c12-11-15-9(7-17-11)4-10(16)14-6-8-2-1-3-13-5-8/h1-3,5,7H,4,6H2,(H2,12,15)(H,14,16). The van der Waals surface area contributed by atoms with Crippen LogP contribution in [0.4, 0.5) is 5.13 Å². The third kappa shape index (κ3) is 3.53. The molecule has 0 saturated carbocycles. The summed E-state index contributed by atoms with van der Waals surface area (Å²) in [5, 5.41) is 5.08. The lowest BCUT2D eigenvalue weighted by molar-refractivity contribution is -0.120. The fourth-order valence-corrected chi connectivity index (χ4v) is 1.90. The zero-order valence-corrected chi connectivity index (χ0v) is 9.91. The second-order valence-corrected chi connectivity index (χ2v) is 4.38. The maximum absolute atomic E-state index is 11.6. The maximum Gasteiger partial charge on any atom is 0.226 e. The number of hydrogen-bond acceptors (Lipinski definition) is 5. The second kappa shape index (κ2) is 5.40. The van der Waals surface area contributed by atoms with E-state index in [2.05, 4.69) is 15.3 Å². The summed E-state index contributed by atoms with van der Waals surface area (Å²) in [6, 6.07) is 3.75. The number of thiazole rings is 1. The summed E-state index contributed by atoms with van der Waals surface area (Å²) in [4.78, 5) is 19.6. The maximum atomic E-state index is 11.6. The SMILES string of the molecule is Nc1nc(CC(=O)NCc2cccnc2)cs1. The molecule has 1 amide bonds. The zero-order valence-electron chi connectivity index (χ0n) is 9.09. The molecule has 0 aliphatic heterocycles. The van der Waals surface area contributed by atoms with Crippen LogP contribution in [0.5, 0.6) is 0 Å². The van der Waals surface area contributed by atoms with Crippen molar-refractivity contribution in [2.24, 2.45) is 0 Å². The van der Waals surface area contributed by atoms with E-state index in [0.29, 0.717) is 17.4 Å². The van der Waals surface area contributed by atoms with Crippen molar-refractivity contribution in [3.63, 3.8) is 0 Å². The van der Waals surface area contributed by atoms with Crippen molar-refractivity contribution in [3.8, 4) is 0 Å². The Morgan fingerprint density at radius 1 is 1.53 bits per heavy atom. The van der Waals surface area contributed by atoms with E-state index >= 15 is 0 Å². The number of nitrogen functional groups attached to an aromatic ring is 1. The van der Waals surface area contributed by atoms with E-state index in [9.17, 15) is 4.79 Å². The number of hydrogen-bond donors (Lipinski definition) is 2. The van der Waals surface area contributed by atoms with Crippen molar-refractivity contribution in [2.45, 2.75) is 13.0 Å². The lowest BCUT2D eigenvalue weighted by atomic mass is 10.2. The molecule has 17 heavy (non-hydrogen) atoms. The van der Waals surface area contributed by atoms with Crippen molar-refractivity contribution in [1.82, 2.24) is 15.3 Å². The number of carbonyl (C=O) groups excluding carboxylic acids is 1. The predicted molar refractivity (Wildman–Crippen MR) is 66.3 cm³/mol. The van der Waals surface area contributed by atoms with Crippen LogP contribution in [-0.2, 0) is 17.8 Å². The van der Waals surface area contributed by atoms with E-state index in [1.807, 2.05) is 12.1 Å². The molecule has 88 valence electrons. The molecule has 0 unspecified atom stereocenters. The van der Waals surface area contributed by atoms with E-state index in [1.54, 1.807) is 17.8 Å². The number of nitrogens with zero attached hydrogens (tertiary/aromatic N) is 2. The highest BCUT2D eigenvalue weighted by molar-refractivity contribution is 7.13. The van der Waals surface area contributed by atoms with Crippen LogP contribution in [0.1, 0.15) is 11.3 Å². The Labute approximate surface area is 103 Å². The predicted octanol–water partition coefficient (Wildman–Crippen LogP) is 0.979. The van der Waals surface area contributed by atoms with Crippen LogP contribution >= 0.6 is 11.3 Å². The molecule has 0 bridgehead atoms. The number of aromatic nitrogens is 2. The Hall–Kier alpha value is -1.95. The normalized spacial score (nSPS) is 10.1. The Kier molecular flexibility index (Phi) is 3.66. The van der Waals surface area contributed by atoms with Gasteiger partial charge in [0, 0.05) is 24.3 Å². The molecule has 0 atom stereocenters. The highest BCUT2D eigenvalue weighted by atomic mass is 32.1. The minimum atomic E-state index is -0.0702. The van der Waals surface area contributed by atoms with Gasteiger partial charge in [0.05, 0.1) is 12.1 Å². The van der Waals surface area contributed by atoms with Crippen LogP contribution in [0, 0.1) is 0 Å². The first-order chi connectivity index (χ1) is 8.24. The summed E-state index contributed by atoms with van der Waals surface area (Å²) >= 11 is 1.34. The zero-order chi connectivity index (χ0) is 12.1. The van der Waals surface area contributed by atoms with Gasteiger partial charge in [0.15, 0.2) is 5.13 Å². The van der Waals surface area contributed by atoms with Gasteiger partial charge in [0.2, 0.25) is 5.91 Å². The molecule has 0 aliphatic carbocycles. The van der Waals surface area contributed by atoms with Gasteiger partial charge in [0.25, 0.3) is 0 Å². The van der Waals surface area contributed by atoms with Gasteiger partial charge in [0.1, 0.15) is 0 Å². The number of rotatable bonds is 4. The average molecular weight is 248 g/mol. The van der Waals surface area contributed by atoms with Gasteiger partial charge < -0.3 is 11.1 Å². The summed E-state index contributed by atoms with van der Waals surface area (Å²) < 4.78 is 0. The lowest BCUT2D eigenvalue weighted by Gasteiger charge is -2.03. The minimum absolute atomic E-state index is 0.0702. The molecule has 2 aromatic rings. The monoisotopic (exact) mass is 248 g/mol. The molecule has 0 fully saturated rings. The molecule has 5 nitrogen and oxygen atoms in total. The molecule has 0 radical (unpaired) electrons. The van der Waals surface area contributed by atoms with Gasteiger partial charge in [-0.1, -0.05) is 6.07 Å². The van der Waals surface area contributed by atoms with Gasteiger partial charge in [-0.05, 0) is 11.6 Å². The number of nitrogens with one attached hydrogen (secondary N) is 1. The second-order valence-electron chi connectivity index (χ2n) is 3.49. The minimum Gasteiger partial charge on any atom is -0.375 e. The third-order valence-corrected chi connectivity index (χ3v) is 2.85. The molecule has 6 heteroatoms. The van der Waals surface area contributed by atoms with E-state index in [-0.39, 0.29) is 12.3 Å². The number of anilines is 1. The Morgan fingerprint density at radius 3 is 3.06 bits per heavy atom. The molecule has 2 aromatic heterocycles. The Morgan fingerprint density at radius 2 is 2.41 bits per heavy atom. The van der Waals surface area contributed by atoms with Crippen LogP contribution in [0.25, 0.3) is 0 Å². The highest BCUT2D eigenvalue weighted by Gasteiger charge is 2.06. The summed E-state index contributed by atoms with van der Waals surface area (Å²) in [6.07, 6.45) is 3.68. The van der Waals surface area contributed by atoms with Gasteiger partial charge in [-0.25, -0.2) is 4.98 Å². The highest BCUT2D eigenvalue weighted by Crippen LogP contribution is 2.11. The van der Waals surface area contributed by atoms with Crippen LogP contribution in [-0.4, -0.2) is 15.9 Å². The van der Waals surface area contributed by atoms with E-state index < -0.39 is 0 Å². The van der Waals surface area contributed by atoms with Crippen molar-refractivity contribution >= 4 is 22.4 Å². The number of pyridine rings is 1. The molecule has 2 heterocycles. The van der Waals surface area contributed by atoms with E-state index in [1.165, 1.54) is 11.3 Å². The topological polar surface area (TPSA) is 80.9 Å². The van der Waals surface area contributed by atoms with E-state index in [0.717, 1.165) is 5.56 Å². The molecular formula is C11H12N4OS. The fourth-order valence-electron chi connectivity index (χ4n) is 1.33. The van der Waals surface area contributed by atoms with Gasteiger partial charge >= 0.3 is 0 Å². The Balaban J connectivity index is 1.82. The first-order valence-corrected chi connectivity index (χ1v) is 5.97. The molecule has 0 aromatic carbocycles. The number of nitrogens with two attached hydrogens (primary N) is 1. The molecule has 0 saturated heterocycles. The summed E-state index contributed by atoms with van der Waals surface area (Å²) in [6.45, 7) is 0.478. The summed E-state index contributed by atoms with van der Waals surface area (Å²) in [7, 11) is 0. The molecular weight excluding hydrogens is 236 g/mol. The van der Waals surface area contributed by atoms with Crippen molar-refractivity contribution in [2.75, 3.05) is 5.73 Å². The Bertz CT molecular complexity index is 497. The average Bonchev–Trinajstić information content (AvgIpc) is 2.73. The molecule has 3 N–H and O–H groups in total. The van der Waals surface area contributed by atoms with Crippen LogP contribution in [0.3, 0.4) is 0 Å². The number of amides is 1. The molecule has 0 spiro atoms.